The summed E-state index contributed by atoms with van der Waals surface area (Å²) in [5.74, 6) is -0.616. The Kier molecular flexibility index (Phi) is 42.8. The van der Waals surface area contributed by atoms with Gasteiger partial charge in [-0.05, 0) is 51.0 Å². The summed E-state index contributed by atoms with van der Waals surface area (Å²) in [5.41, 5.74) is 0. The molecule has 3 unspecified atom stereocenters. The molecule has 0 bridgehead atoms. The van der Waals surface area contributed by atoms with Gasteiger partial charge in [0.05, 0.1) is 33.8 Å². The Morgan fingerprint density at radius 1 is 0.556 bits per heavy atom. The van der Waals surface area contributed by atoms with Crippen molar-refractivity contribution in [2.45, 2.75) is 251 Å². The van der Waals surface area contributed by atoms with Crippen LogP contribution in [0.15, 0.2) is 36.5 Å². The van der Waals surface area contributed by atoms with Crippen LogP contribution >= 0.6 is 7.82 Å². The van der Waals surface area contributed by atoms with Crippen LogP contribution in [0.2, 0.25) is 0 Å². The zero-order chi connectivity index (χ0) is 46.5. The highest BCUT2D eigenvalue weighted by atomic mass is 31.2. The fourth-order valence-corrected chi connectivity index (χ4v) is 8.18. The van der Waals surface area contributed by atoms with Gasteiger partial charge in [-0.2, -0.15) is 0 Å². The summed E-state index contributed by atoms with van der Waals surface area (Å²) in [6, 6.07) is -0.912. The minimum absolute atomic E-state index is 0.0297. The van der Waals surface area contributed by atoms with Gasteiger partial charge in [-0.25, -0.2) is 0 Å². The normalized spacial score (nSPS) is 14.2. The van der Waals surface area contributed by atoms with Crippen LogP contribution < -0.4 is 10.2 Å². The third kappa shape index (κ3) is 45.2. The fraction of sp³-hybridized carbons (Fsp3) is 0.849. The highest BCUT2D eigenvalue weighted by molar-refractivity contribution is 7.45. The highest BCUT2D eigenvalue weighted by Crippen LogP contribution is 2.38. The van der Waals surface area contributed by atoms with Crippen LogP contribution in [-0.4, -0.2) is 69.4 Å². The second-order valence-electron chi connectivity index (χ2n) is 19.0. The molecule has 0 aromatic heterocycles. The summed E-state index contributed by atoms with van der Waals surface area (Å²) >= 11 is 0. The van der Waals surface area contributed by atoms with E-state index in [2.05, 4.69) is 44.3 Å². The van der Waals surface area contributed by atoms with Gasteiger partial charge in [-0.1, -0.05) is 212 Å². The van der Waals surface area contributed by atoms with Gasteiger partial charge in [0, 0.05) is 12.8 Å². The average molecular weight is 909 g/mol. The van der Waals surface area contributed by atoms with Gasteiger partial charge in [0.2, 0.25) is 5.91 Å². The number of nitrogens with one attached hydrogen (secondary N) is 1. The lowest BCUT2D eigenvalue weighted by Gasteiger charge is -2.30. The number of allylic oxidation sites excluding steroid dienone is 5. The van der Waals surface area contributed by atoms with E-state index in [0.29, 0.717) is 17.4 Å². The van der Waals surface area contributed by atoms with Crippen molar-refractivity contribution in [2.24, 2.45) is 0 Å². The number of esters is 1. The number of carbonyl (C=O) groups excluding carboxylic acids is 2. The van der Waals surface area contributed by atoms with E-state index >= 15 is 0 Å². The predicted octanol–water partition coefficient (Wildman–Crippen LogP) is 14.6. The maximum Gasteiger partial charge on any atom is 0.306 e. The van der Waals surface area contributed by atoms with Crippen LogP contribution in [0.3, 0.4) is 0 Å². The van der Waals surface area contributed by atoms with Gasteiger partial charge >= 0.3 is 5.97 Å². The number of carbonyl (C=O) groups is 2. The molecule has 0 saturated heterocycles. The van der Waals surface area contributed by atoms with Crippen molar-refractivity contribution in [2.75, 3.05) is 40.9 Å². The van der Waals surface area contributed by atoms with Gasteiger partial charge in [-0.3, -0.25) is 14.2 Å². The molecule has 0 radical (unpaired) electrons. The summed E-state index contributed by atoms with van der Waals surface area (Å²) in [6.45, 7) is 6.77. The maximum atomic E-state index is 13.4. The molecule has 1 amide bonds. The SMILES string of the molecule is CCCCCCCC/C=C\C/C=C/CCC(=O)NC(COP(=O)([O-])OCC[N+](C)(C)C)C(/C=C/CCCCCCCCCCCCC)OC(=O)CCCCCCCCCCCCC. The second kappa shape index (κ2) is 44.1. The summed E-state index contributed by atoms with van der Waals surface area (Å²) in [7, 11) is 1.16. The van der Waals surface area contributed by atoms with E-state index in [4.69, 9.17) is 13.8 Å². The van der Waals surface area contributed by atoms with Crippen molar-refractivity contribution in [1.82, 2.24) is 5.32 Å². The van der Waals surface area contributed by atoms with Crippen LogP contribution in [-0.2, 0) is 27.9 Å². The molecule has 0 aliphatic carbocycles. The van der Waals surface area contributed by atoms with E-state index in [-0.39, 0.29) is 31.3 Å². The first-order valence-corrected chi connectivity index (χ1v) is 27.8. The number of unbranched alkanes of at least 4 members (excludes halogenated alkanes) is 27. The molecule has 0 aromatic rings. The summed E-state index contributed by atoms with van der Waals surface area (Å²) in [4.78, 5) is 39.6. The molecule has 1 N–H and O–H groups in total. The number of likely N-dealkylation sites (N-methyl/N-ethyl adjacent to an activating group) is 1. The molecular formula is C53H101N2O7P. The number of amides is 1. The van der Waals surface area contributed by atoms with Crippen LogP contribution in [0, 0.1) is 0 Å². The van der Waals surface area contributed by atoms with Crippen molar-refractivity contribution in [3.63, 3.8) is 0 Å². The largest absolute Gasteiger partial charge is 0.756 e. The average Bonchev–Trinajstić information content (AvgIpc) is 3.23. The summed E-state index contributed by atoms with van der Waals surface area (Å²) in [5, 5.41) is 2.97. The number of phosphoric ester groups is 1. The fourth-order valence-electron chi connectivity index (χ4n) is 7.45. The zero-order valence-electron chi connectivity index (χ0n) is 42.0. The molecule has 0 aliphatic rings. The standard InChI is InChI=1S/C53H101N2O7P/c1-7-10-13-16-19-22-25-27-30-32-35-38-41-44-51(62-53(57)46-43-40-37-34-29-24-21-18-15-12-9-3)50(49-61-63(58,59)60-48-47-55(4,5)6)54-52(56)45-42-39-36-33-31-28-26-23-20-17-14-11-8-2/h28,31,36,39,41,44,50-51H,7-27,29-30,32-35,37-38,40,42-43,45-49H2,1-6H3,(H-,54,56,58,59)/b31-28-,39-36+,44-41+. The Balaban J connectivity index is 5.51. The molecule has 9 nitrogen and oxygen atoms in total. The lowest BCUT2D eigenvalue weighted by molar-refractivity contribution is -0.870. The lowest BCUT2D eigenvalue weighted by atomic mass is 10.0. The number of hydrogen-bond donors (Lipinski definition) is 1. The number of rotatable bonds is 47. The summed E-state index contributed by atoms with van der Waals surface area (Å²) in [6.07, 6.45) is 49.8. The second-order valence-corrected chi connectivity index (χ2v) is 20.4. The quantitative estimate of drug-likeness (QED) is 0.0213. The minimum atomic E-state index is -4.70. The van der Waals surface area contributed by atoms with Gasteiger partial charge < -0.3 is 28.5 Å². The molecule has 3 atom stereocenters. The van der Waals surface area contributed by atoms with Crippen molar-refractivity contribution in [3.8, 4) is 0 Å². The van der Waals surface area contributed by atoms with Crippen LogP contribution in [0.25, 0.3) is 0 Å². The molecule has 10 heteroatoms. The Hall–Kier alpha value is -1.77. The Morgan fingerprint density at radius 2 is 0.984 bits per heavy atom. The maximum absolute atomic E-state index is 13.4. The molecular weight excluding hydrogens is 808 g/mol. The zero-order valence-corrected chi connectivity index (χ0v) is 42.9. The Morgan fingerprint density at radius 3 is 1.46 bits per heavy atom. The van der Waals surface area contributed by atoms with E-state index in [1.807, 2.05) is 39.4 Å². The van der Waals surface area contributed by atoms with E-state index in [1.54, 1.807) is 0 Å². The van der Waals surface area contributed by atoms with Gasteiger partial charge in [0.1, 0.15) is 19.3 Å². The minimum Gasteiger partial charge on any atom is -0.756 e. The van der Waals surface area contributed by atoms with E-state index in [9.17, 15) is 19.0 Å². The highest BCUT2D eigenvalue weighted by Gasteiger charge is 2.27. The number of phosphoric acid groups is 1. The Labute approximate surface area is 389 Å². The molecule has 0 aromatic carbocycles. The number of hydrogen-bond acceptors (Lipinski definition) is 7. The molecule has 370 valence electrons. The molecule has 63 heavy (non-hydrogen) atoms. The van der Waals surface area contributed by atoms with Crippen LogP contribution in [0.5, 0.6) is 0 Å². The van der Waals surface area contributed by atoms with Gasteiger partial charge in [0.15, 0.2) is 0 Å². The third-order valence-electron chi connectivity index (χ3n) is 11.6. The molecule has 0 heterocycles. The number of quaternary nitrogens is 1. The monoisotopic (exact) mass is 909 g/mol. The molecule has 0 aliphatic heterocycles. The topological polar surface area (TPSA) is 114 Å². The first-order chi connectivity index (χ1) is 30.4. The van der Waals surface area contributed by atoms with Crippen LogP contribution in [0.1, 0.15) is 239 Å². The molecule has 0 spiro atoms. The third-order valence-corrected chi connectivity index (χ3v) is 12.6. The van der Waals surface area contributed by atoms with Crippen molar-refractivity contribution >= 4 is 19.7 Å². The molecule has 0 fully saturated rings. The molecule has 0 rings (SSSR count). The number of nitrogens with zero attached hydrogens (tertiary/aromatic N) is 1. The van der Waals surface area contributed by atoms with E-state index < -0.39 is 26.6 Å². The summed E-state index contributed by atoms with van der Waals surface area (Å²) < 4.78 is 30.1. The lowest BCUT2D eigenvalue weighted by Crippen LogP contribution is -2.47. The Bertz CT molecular complexity index is 1180. The van der Waals surface area contributed by atoms with E-state index in [1.165, 1.54) is 148 Å². The van der Waals surface area contributed by atoms with Crippen molar-refractivity contribution < 1.29 is 37.3 Å². The smallest absolute Gasteiger partial charge is 0.306 e. The van der Waals surface area contributed by atoms with Crippen molar-refractivity contribution in [3.05, 3.63) is 36.5 Å². The van der Waals surface area contributed by atoms with Crippen LogP contribution in [0.4, 0.5) is 0 Å². The first-order valence-electron chi connectivity index (χ1n) is 26.3. The van der Waals surface area contributed by atoms with Gasteiger partial charge in [-0.15, -0.1) is 0 Å². The first kappa shape index (κ1) is 61.2. The predicted molar refractivity (Wildman–Crippen MR) is 266 cm³/mol. The van der Waals surface area contributed by atoms with E-state index in [0.717, 1.165) is 51.4 Å². The molecule has 0 saturated carbocycles. The van der Waals surface area contributed by atoms with Crippen molar-refractivity contribution in [1.29, 1.82) is 0 Å². The van der Waals surface area contributed by atoms with Gasteiger partial charge in [0.25, 0.3) is 7.82 Å². The number of ether oxygens (including phenoxy) is 1.